The number of para-hydroxylation sites is 1. The third-order valence-electron chi connectivity index (χ3n) is 4.54. The monoisotopic (exact) mass is 427 g/mol. The first-order chi connectivity index (χ1) is 14.3. The molecule has 156 valence electrons. The van der Waals surface area contributed by atoms with E-state index in [1.165, 1.54) is 18.9 Å². The molecule has 1 aliphatic rings. The quantitative estimate of drug-likeness (QED) is 0.657. The second kappa shape index (κ2) is 9.04. The molecule has 0 saturated carbocycles. The summed E-state index contributed by atoms with van der Waals surface area (Å²) in [7, 11) is 1.44. The van der Waals surface area contributed by atoms with Crippen molar-refractivity contribution in [2.24, 2.45) is 0 Å². The summed E-state index contributed by atoms with van der Waals surface area (Å²) in [5.41, 5.74) is 2.13. The van der Waals surface area contributed by atoms with Gasteiger partial charge in [0.05, 0.1) is 17.7 Å². The third kappa shape index (κ3) is 4.33. The van der Waals surface area contributed by atoms with E-state index in [2.05, 4.69) is 0 Å². The zero-order chi connectivity index (χ0) is 21.8. The van der Waals surface area contributed by atoms with Gasteiger partial charge in [-0.25, -0.2) is 9.69 Å². The number of hydrogen-bond donors (Lipinski definition) is 1. The van der Waals surface area contributed by atoms with Crippen molar-refractivity contribution in [1.82, 2.24) is 0 Å². The number of anilines is 1. The van der Waals surface area contributed by atoms with Crippen LogP contribution >= 0.6 is 11.8 Å². The number of amides is 2. The molecule has 1 aliphatic heterocycles. The van der Waals surface area contributed by atoms with E-state index >= 15 is 0 Å². The van der Waals surface area contributed by atoms with Crippen molar-refractivity contribution in [3.8, 4) is 11.5 Å². The van der Waals surface area contributed by atoms with Crippen LogP contribution in [-0.2, 0) is 16.0 Å². The minimum Gasteiger partial charge on any atom is -0.493 e. The van der Waals surface area contributed by atoms with Crippen LogP contribution in [-0.4, -0.2) is 35.4 Å². The highest BCUT2D eigenvalue weighted by molar-refractivity contribution is 8.19. The number of hydrogen-bond acceptors (Lipinski definition) is 6. The normalized spacial score (nSPS) is 16.1. The molecular weight excluding hydrogens is 406 g/mol. The lowest BCUT2D eigenvalue weighted by Crippen LogP contribution is -2.28. The van der Waals surface area contributed by atoms with Crippen LogP contribution in [0.15, 0.2) is 47.4 Å². The zero-order valence-electron chi connectivity index (χ0n) is 16.7. The number of rotatable bonds is 7. The highest BCUT2D eigenvalue weighted by atomic mass is 32.2. The average molecular weight is 427 g/mol. The largest absolute Gasteiger partial charge is 0.493 e. The number of carboxylic acid groups (broad SMARTS) is 1. The maximum absolute atomic E-state index is 12.9. The van der Waals surface area contributed by atoms with Gasteiger partial charge in [0.2, 0.25) is 0 Å². The van der Waals surface area contributed by atoms with Gasteiger partial charge in [-0.1, -0.05) is 31.2 Å². The van der Waals surface area contributed by atoms with Crippen LogP contribution in [0.5, 0.6) is 11.5 Å². The third-order valence-corrected chi connectivity index (χ3v) is 5.41. The van der Waals surface area contributed by atoms with Crippen molar-refractivity contribution in [2.75, 3.05) is 12.0 Å². The first kappa shape index (κ1) is 21.4. The molecule has 1 atom stereocenters. The number of nitrogens with zero attached hydrogens (tertiary/aromatic N) is 1. The fourth-order valence-corrected chi connectivity index (χ4v) is 3.80. The molecule has 1 unspecified atom stereocenters. The van der Waals surface area contributed by atoms with Crippen molar-refractivity contribution in [1.29, 1.82) is 0 Å². The van der Waals surface area contributed by atoms with Crippen LogP contribution in [0, 0.1) is 0 Å². The Morgan fingerprint density at radius 2 is 1.93 bits per heavy atom. The molecule has 7 nitrogen and oxygen atoms in total. The summed E-state index contributed by atoms with van der Waals surface area (Å²) in [6, 6.07) is 12.2. The van der Waals surface area contributed by atoms with E-state index in [0.29, 0.717) is 28.3 Å². The van der Waals surface area contributed by atoms with Crippen molar-refractivity contribution in [2.45, 2.75) is 26.4 Å². The maximum Gasteiger partial charge on any atom is 0.344 e. The number of ether oxygens (including phenoxy) is 2. The van der Waals surface area contributed by atoms with Gasteiger partial charge in [-0.05, 0) is 60.5 Å². The zero-order valence-corrected chi connectivity index (χ0v) is 17.6. The fraction of sp³-hybridized carbons (Fsp3) is 0.227. The second-order valence-electron chi connectivity index (χ2n) is 6.51. The predicted molar refractivity (Wildman–Crippen MR) is 115 cm³/mol. The Morgan fingerprint density at radius 1 is 1.20 bits per heavy atom. The van der Waals surface area contributed by atoms with Crippen LogP contribution in [0.4, 0.5) is 10.5 Å². The summed E-state index contributed by atoms with van der Waals surface area (Å²) in [6.45, 7) is 3.38. The van der Waals surface area contributed by atoms with Gasteiger partial charge in [-0.15, -0.1) is 0 Å². The number of carbonyl (C=O) groups excluding carboxylic acids is 2. The van der Waals surface area contributed by atoms with Gasteiger partial charge >= 0.3 is 5.97 Å². The number of aryl methyl sites for hydroxylation is 1. The lowest BCUT2D eigenvalue weighted by atomic mass is 10.1. The SMILES string of the molecule is CCc1ccccc1N1C(=O)S/C(=C/c2ccc(OC(C)C(=O)O)c(OC)c2)C1=O. The Hall–Kier alpha value is -3.26. The van der Waals surface area contributed by atoms with Crippen molar-refractivity contribution >= 4 is 40.6 Å². The first-order valence-electron chi connectivity index (χ1n) is 9.29. The summed E-state index contributed by atoms with van der Waals surface area (Å²) < 4.78 is 10.7. The van der Waals surface area contributed by atoms with E-state index in [9.17, 15) is 14.4 Å². The predicted octanol–water partition coefficient (Wildman–Crippen LogP) is 4.35. The summed E-state index contributed by atoms with van der Waals surface area (Å²) in [4.78, 5) is 38.0. The highest BCUT2D eigenvalue weighted by Crippen LogP contribution is 2.38. The molecule has 30 heavy (non-hydrogen) atoms. The molecule has 0 radical (unpaired) electrons. The summed E-state index contributed by atoms with van der Waals surface area (Å²) in [5.74, 6) is -0.881. The van der Waals surface area contributed by atoms with E-state index in [0.717, 1.165) is 17.3 Å². The smallest absolute Gasteiger partial charge is 0.344 e. The molecule has 0 spiro atoms. The molecule has 3 rings (SSSR count). The molecular formula is C22H21NO6S. The molecule has 1 heterocycles. The standard InChI is InChI=1S/C22H21NO6S/c1-4-15-7-5-6-8-16(15)23-20(24)19(30-22(23)27)12-14-9-10-17(18(11-14)28-3)29-13(2)21(25)26/h5-13H,4H2,1-3H3,(H,25,26)/b19-12+. The number of benzene rings is 2. The number of methoxy groups -OCH3 is 1. The van der Waals surface area contributed by atoms with Crippen molar-refractivity contribution < 1.29 is 29.0 Å². The number of thioether (sulfide) groups is 1. The van der Waals surface area contributed by atoms with Crippen molar-refractivity contribution in [3.63, 3.8) is 0 Å². The van der Waals surface area contributed by atoms with Gasteiger partial charge in [-0.2, -0.15) is 0 Å². The molecule has 2 amide bonds. The van der Waals surface area contributed by atoms with Gasteiger partial charge in [-0.3, -0.25) is 9.59 Å². The van der Waals surface area contributed by atoms with Gasteiger partial charge in [0, 0.05) is 0 Å². The number of carbonyl (C=O) groups is 3. The van der Waals surface area contributed by atoms with Gasteiger partial charge in [0.1, 0.15) is 0 Å². The van der Waals surface area contributed by atoms with Crippen LogP contribution in [0.25, 0.3) is 6.08 Å². The molecule has 8 heteroatoms. The van der Waals surface area contributed by atoms with Gasteiger partial charge < -0.3 is 14.6 Å². The Morgan fingerprint density at radius 3 is 2.60 bits per heavy atom. The Balaban J connectivity index is 1.89. The molecule has 2 aromatic carbocycles. The average Bonchev–Trinajstić information content (AvgIpc) is 3.01. The summed E-state index contributed by atoms with van der Waals surface area (Å²) >= 11 is 0.872. The van der Waals surface area contributed by atoms with Gasteiger partial charge in [0.15, 0.2) is 17.6 Å². The number of aliphatic carboxylic acids is 1. The topological polar surface area (TPSA) is 93.1 Å². The minimum atomic E-state index is -1.10. The lowest BCUT2D eigenvalue weighted by Gasteiger charge is -2.16. The minimum absolute atomic E-state index is 0.273. The molecule has 2 aromatic rings. The van der Waals surface area contributed by atoms with E-state index in [1.807, 2.05) is 19.1 Å². The first-order valence-corrected chi connectivity index (χ1v) is 10.1. The highest BCUT2D eigenvalue weighted by Gasteiger charge is 2.37. The van der Waals surface area contributed by atoms with Crippen LogP contribution in [0.3, 0.4) is 0 Å². The Kier molecular flexibility index (Phi) is 6.47. The van der Waals surface area contributed by atoms with Crippen LogP contribution < -0.4 is 14.4 Å². The molecule has 1 N–H and O–H groups in total. The Bertz CT molecular complexity index is 1030. The fourth-order valence-electron chi connectivity index (χ4n) is 2.97. The van der Waals surface area contributed by atoms with Crippen molar-refractivity contribution in [3.05, 3.63) is 58.5 Å². The molecule has 0 aromatic heterocycles. The Labute approximate surface area is 178 Å². The second-order valence-corrected chi connectivity index (χ2v) is 7.50. The van der Waals surface area contributed by atoms with E-state index < -0.39 is 12.1 Å². The number of imide groups is 1. The van der Waals surface area contributed by atoms with E-state index in [1.54, 1.807) is 36.4 Å². The molecule has 0 aliphatic carbocycles. The molecule has 1 saturated heterocycles. The molecule has 0 bridgehead atoms. The van der Waals surface area contributed by atoms with E-state index in [4.69, 9.17) is 14.6 Å². The summed E-state index contributed by atoms with van der Waals surface area (Å²) in [6.07, 6.45) is 1.26. The summed E-state index contributed by atoms with van der Waals surface area (Å²) in [5, 5.41) is 8.66. The van der Waals surface area contributed by atoms with E-state index in [-0.39, 0.29) is 16.9 Å². The molecule has 1 fully saturated rings. The lowest BCUT2D eigenvalue weighted by molar-refractivity contribution is -0.144. The number of carboxylic acids is 1. The van der Waals surface area contributed by atoms with Gasteiger partial charge in [0.25, 0.3) is 11.1 Å². The maximum atomic E-state index is 12.9. The van der Waals surface area contributed by atoms with Crippen LogP contribution in [0.2, 0.25) is 0 Å². The van der Waals surface area contributed by atoms with Crippen LogP contribution in [0.1, 0.15) is 25.0 Å².